The van der Waals surface area contributed by atoms with E-state index in [0.29, 0.717) is 42.2 Å². The Bertz CT molecular complexity index is 1070. The topological polar surface area (TPSA) is 104 Å². The van der Waals surface area contributed by atoms with Gasteiger partial charge in [-0.15, -0.1) is 10.2 Å². The number of nitrogens with zero attached hydrogens (tertiary/aromatic N) is 7. The van der Waals surface area contributed by atoms with Crippen LogP contribution in [0.2, 0.25) is 5.02 Å². The van der Waals surface area contributed by atoms with Crippen LogP contribution in [-0.2, 0) is 11.3 Å². The predicted molar refractivity (Wildman–Crippen MR) is 117 cm³/mol. The molecule has 0 radical (unpaired) electrons. The van der Waals surface area contributed by atoms with Gasteiger partial charge in [-0.1, -0.05) is 17.7 Å². The van der Waals surface area contributed by atoms with E-state index in [1.165, 1.54) is 0 Å². The molecule has 1 amide bonds. The highest BCUT2D eigenvalue weighted by Gasteiger charge is 2.35. The second-order valence-corrected chi connectivity index (χ2v) is 8.20. The average molecular weight is 442 g/mol. The van der Waals surface area contributed by atoms with Gasteiger partial charge in [-0.3, -0.25) is 9.20 Å². The number of fused-ring (bicyclic) bond motifs is 1. The molecule has 5 heterocycles. The molecule has 3 aromatic rings. The third kappa shape index (κ3) is 4.13. The Labute approximate surface area is 184 Å². The lowest BCUT2D eigenvalue weighted by atomic mass is 9.99. The molecule has 31 heavy (non-hydrogen) atoms. The molecule has 0 unspecified atom stereocenters. The molecule has 3 aromatic heterocycles. The summed E-state index contributed by atoms with van der Waals surface area (Å²) >= 11 is 6.37. The van der Waals surface area contributed by atoms with E-state index in [9.17, 15) is 4.79 Å². The van der Waals surface area contributed by atoms with Crippen molar-refractivity contribution in [3.63, 3.8) is 0 Å². The van der Waals surface area contributed by atoms with Crippen LogP contribution >= 0.6 is 11.6 Å². The van der Waals surface area contributed by atoms with Gasteiger partial charge in [0.2, 0.25) is 11.9 Å². The smallest absolute Gasteiger partial charge is 0.227 e. The van der Waals surface area contributed by atoms with E-state index in [-0.39, 0.29) is 11.8 Å². The van der Waals surface area contributed by atoms with E-state index in [2.05, 4.69) is 30.7 Å². The Morgan fingerprint density at radius 3 is 3.00 bits per heavy atom. The fourth-order valence-corrected chi connectivity index (χ4v) is 4.12. The first kappa shape index (κ1) is 20.0. The minimum absolute atomic E-state index is 0.00655. The van der Waals surface area contributed by atoms with Crippen molar-refractivity contribution in [1.29, 1.82) is 0 Å². The molecule has 2 N–H and O–H groups in total. The summed E-state index contributed by atoms with van der Waals surface area (Å²) in [7, 11) is 0. The monoisotopic (exact) mass is 441 g/mol. The van der Waals surface area contributed by atoms with Gasteiger partial charge in [0.1, 0.15) is 5.02 Å². The first-order chi connectivity index (χ1) is 15.2. The molecule has 5 rings (SSSR count). The Kier molecular flexibility index (Phi) is 5.56. The van der Waals surface area contributed by atoms with Gasteiger partial charge in [0.15, 0.2) is 17.3 Å². The number of carbonyl (C=O) groups excluding carboxylic acids is 1. The van der Waals surface area contributed by atoms with Crippen LogP contribution in [0.4, 0.5) is 11.8 Å². The highest BCUT2D eigenvalue weighted by Crippen LogP contribution is 2.30. The predicted octanol–water partition coefficient (Wildman–Crippen LogP) is 0.725. The summed E-state index contributed by atoms with van der Waals surface area (Å²) in [6.07, 6.45) is 4.59. The maximum Gasteiger partial charge on any atom is 0.227 e. The van der Waals surface area contributed by atoms with Gasteiger partial charge >= 0.3 is 0 Å². The van der Waals surface area contributed by atoms with Crippen LogP contribution in [0, 0.1) is 5.92 Å². The van der Waals surface area contributed by atoms with Crippen molar-refractivity contribution in [1.82, 2.24) is 35.2 Å². The van der Waals surface area contributed by atoms with Gasteiger partial charge in [0, 0.05) is 38.9 Å². The van der Waals surface area contributed by atoms with Crippen LogP contribution in [0.5, 0.6) is 0 Å². The second-order valence-electron chi connectivity index (χ2n) is 7.80. The van der Waals surface area contributed by atoms with Gasteiger partial charge < -0.3 is 20.4 Å². The van der Waals surface area contributed by atoms with E-state index in [1.54, 1.807) is 6.20 Å². The molecular weight excluding hydrogens is 418 g/mol. The number of aromatic nitrogens is 5. The zero-order valence-corrected chi connectivity index (χ0v) is 17.8. The SMILES string of the molecule is O=C(NCc1nnc2ccccn12)C1CN(c2nc(N3CCCNCC3)ncc2Cl)C1. The molecule has 2 aliphatic heterocycles. The van der Waals surface area contributed by atoms with Crippen LogP contribution in [0.25, 0.3) is 5.65 Å². The van der Waals surface area contributed by atoms with Crippen molar-refractivity contribution in [2.75, 3.05) is 49.1 Å². The fourth-order valence-electron chi connectivity index (χ4n) is 3.91. The molecule has 11 heteroatoms. The van der Waals surface area contributed by atoms with Crippen molar-refractivity contribution in [3.05, 3.63) is 41.4 Å². The number of hydrogen-bond acceptors (Lipinski definition) is 8. The van der Waals surface area contributed by atoms with Crippen LogP contribution < -0.4 is 20.4 Å². The first-order valence-corrected chi connectivity index (χ1v) is 10.9. The molecule has 2 fully saturated rings. The third-order valence-corrected chi connectivity index (χ3v) is 5.96. The first-order valence-electron chi connectivity index (χ1n) is 10.5. The molecule has 0 aromatic carbocycles. The number of nitrogens with one attached hydrogen (secondary N) is 2. The lowest BCUT2D eigenvalue weighted by molar-refractivity contribution is -0.125. The van der Waals surface area contributed by atoms with Gasteiger partial charge in [0.05, 0.1) is 18.7 Å². The van der Waals surface area contributed by atoms with E-state index >= 15 is 0 Å². The minimum Gasteiger partial charge on any atom is -0.353 e. The zero-order chi connectivity index (χ0) is 21.2. The average Bonchev–Trinajstić information content (AvgIpc) is 2.96. The Balaban J connectivity index is 1.19. The van der Waals surface area contributed by atoms with Crippen LogP contribution in [0.15, 0.2) is 30.6 Å². The number of pyridine rings is 1. The third-order valence-electron chi connectivity index (χ3n) is 5.69. The Hall–Kier alpha value is -2.98. The van der Waals surface area contributed by atoms with Gasteiger partial charge in [-0.25, -0.2) is 4.98 Å². The molecular formula is C20H24ClN9O. The number of anilines is 2. The van der Waals surface area contributed by atoms with E-state index < -0.39 is 0 Å². The molecule has 0 saturated carbocycles. The van der Waals surface area contributed by atoms with Crippen molar-refractivity contribution in [2.45, 2.75) is 13.0 Å². The summed E-state index contributed by atoms with van der Waals surface area (Å²) in [6.45, 7) is 5.18. The molecule has 0 bridgehead atoms. The van der Waals surface area contributed by atoms with Gasteiger partial charge in [-0.05, 0) is 25.1 Å². The van der Waals surface area contributed by atoms with Gasteiger partial charge in [0.25, 0.3) is 0 Å². The molecule has 10 nitrogen and oxygen atoms in total. The number of amides is 1. The fraction of sp³-hybridized carbons (Fsp3) is 0.450. The lowest BCUT2D eigenvalue weighted by Crippen LogP contribution is -2.54. The second kappa shape index (κ2) is 8.64. The highest BCUT2D eigenvalue weighted by molar-refractivity contribution is 6.32. The molecule has 0 aliphatic carbocycles. The summed E-state index contributed by atoms with van der Waals surface area (Å²) < 4.78 is 1.87. The number of halogens is 1. The lowest BCUT2D eigenvalue weighted by Gasteiger charge is -2.39. The maximum absolute atomic E-state index is 12.6. The van der Waals surface area contributed by atoms with Crippen molar-refractivity contribution in [2.24, 2.45) is 5.92 Å². The van der Waals surface area contributed by atoms with E-state index in [0.717, 1.165) is 38.2 Å². The van der Waals surface area contributed by atoms with Crippen LogP contribution in [0.1, 0.15) is 12.2 Å². The molecule has 2 aliphatic rings. The Morgan fingerprint density at radius 1 is 1.19 bits per heavy atom. The quantitative estimate of drug-likeness (QED) is 0.597. The number of rotatable bonds is 5. The molecule has 162 valence electrons. The van der Waals surface area contributed by atoms with Crippen LogP contribution in [0.3, 0.4) is 0 Å². The van der Waals surface area contributed by atoms with Crippen molar-refractivity contribution in [3.8, 4) is 0 Å². The summed E-state index contributed by atoms with van der Waals surface area (Å²) in [5.41, 5.74) is 0.760. The maximum atomic E-state index is 12.6. The molecule has 0 atom stereocenters. The minimum atomic E-state index is -0.115. The zero-order valence-electron chi connectivity index (χ0n) is 17.0. The molecule has 0 spiro atoms. The number of hydrogen-bond donors (Lipinski definition) is 2. The van der Waals surface area contributed by atoms with Gasteiger partial charge in [-0.2, -0.15) is 4.98 Å². The summed E-state index contributed by atoms with van der Waals surface area (Å²) in [4.78, 5) is 25.9. The van der Waals surface area contributed by atoms with Crippen molar-refractivity contribution >= 4 is 34.9 Å². The summed E-state index contributed by atoms with van der Waals surface area (Å²) in [5.74, 6) is 1.96. The number of carbonyl (C=O) groups is 1. The Morgan fingerprint density at radius 2 is 2.10 bits per heavy atom. The molecule has 2 saturated heterocycles. The normalized spacial score (nSPS) is 17.5. The summed E-state index contributed by atoms with van der Waals surface area (Å²) in [6, 6.07) is 5.69. The highest BCUT2D eigenvalue weighted by atomic mass is 35.5. The largest absolute Gasteiger partial charge is 0.353 e. The summed E-state index contributed by atoms with van der Waals surface area (Å²) in [5, 5.41) is 15.1. The van der Waals surface area contributed by atoms with Crippen molar-refractivity contribution < 1.29 is 4.79 Å². The van der Waals surface area contributed by atoms with E-state index in [1.807, 2.05) is 33.7 Å². The standard InChI is InChI=1S/C20H24ClN9O/c21-15-10-24-20(28-7-3-5-22-6-9-28)25-18(15)29-12-14(13-29)19(31)23-11-17-27-26-16-4-1-2-8-30(16)17/h1-2,4,8,10,14,22H,3,5-7,9,11-13H2,(H,23,31). The van der Waals surface area contributed by atoms with Crippen LogP contribution in [-0.4, -0.2) is 69.7 Å². The van der Waals surface area contributed by atoms with E-state index in [4.69, 9.17) is 16.6 Å².